The average molecular weight is 311 g/mol. The number of nitrogens with one attached hydrogen (secondary N) is 1. The van der Waals surface area contributed by atoms with Crippen LogP contribution in [-0.4, -0.2) is 37.4 Å². The van der Waals surface area contributed by atoms with E-state index >= 15 is 0 Å². The molecule has 0 saturated carbocycles. The highest BCUT2D eigenvalue weighted by molar-refractivity contribution is 5.87. The van der Waals surface area contributed by atoms with Gasteiger partial charge < -0.3 is 10.4 Å². The van der Waals surface area contributed by atoms with Gasteiger partial charge in [0.2, 0.25) is 0 Å². The van der Waals surface area contributed by atoms with Crippen LogP contribution in [0.15, 0.2) is 30.5 Å². The van der Waals surface area contributed by atoms with E-state index in [0.717, 1.165) is 28.8 Å². The van der Waals surface area contributed by atoms with Crippen LogP contribution in [0.1, 0.15) is 21.7 Å². The number of nitrogens with zero attached hydrogens (tertiary/aromatic N) is 4. The van der Waals surface area contributed by atoms with Crippen molar-refractivity contribution < 1.29 is 9.90 Å². The van der Waals surface area contributed by atoms with Crippen LogP contribution in [0.5, 0.6) is 0 Å². The Labute approximate surface area is 133 Å². The van der Waals surface area contributed by atoms with Gasteiger partial charge in [0.15, 0.2) is 5.65 Å². The minimum Gasteiger partial charge on any atom is -0.478 e. The van der Waals surface area contributed by atoms with Crippen molar-refractivity contribution in [3.8, 4) is 0 Å². The maximum atomic E-state index is 10.8. The molecule has 0 aliphatic heterocycles. The van der Waals surface area contributed by atoms with Gasteiger partial charge in [0.05, 0.1) is 17.1 Å². The second-order valence-corrected chi connectivity index (χ2v) is 5.30. The number of benzene rings is 1. The zero-order valence-corrected chi connectivity index (χ0v) is 12.9. The van der Waals surface area contributed by atoms with Crippen molar-refractivity contribution in [2.45, 2.75) is 13.3 Å². The first kappa shape index (κ1) is 15.0. The first-order valence-electron chi connectivity index (χ1n) is 7.27. The Morgan fingerprint density at radius 1 is 1.26 bits per heavy atom. The predicted molar refractivity (Wildman–Crippen MR) is 86.6 cm³/mol. The summed E-state index contributed by atoms with van der Waals surface area (Å²) in [6.07, 6.45) is 2.52. The van der Waals surface area contributed by atoms with E-state index in [-0.39, 0.29) is 0 Å². The van der Waals surface area contributed by atoms with Gasteiger partial charge in [0.25, 0.3) is 0 Å². The fourth-order valence-corrected chi connectivity index (χ4v) is 2.40. The molecule has 0 fully saturated rings. The Morgan fingerprint density at radius 2 is 2.00 bits per heavy atom. The second-order valence-electron chi connectivity index (χ2n) is 5.30. The number of carbonyl (C=O) groups is 1. The summed E-state index contributed by atoms with van der Waals surface area (Å²) in [4.78, 5) is 19.6. The normalized spacial score (nSPS) is 10.9. The lowest BCUT2D eigenvalue weighted by Gasteiger charge is -2.08. The molecule has 0 aliphatic carbocycles. The Balaban J connectivity index is 1.70. The first-order valence-corrected chi connectivity index (χ1v) is 7.27. The van der Waals surface area contributed by atoms with Crippen molar-refractivity contribution in [1.29, 1.82) is 0 Å². The number of hydrogen-bond acceptors (Lipinski definition) is 5. The van der Waals surface area contributed by atoms with E-state index in [2.05, 4.69) is 20.4 Å². The predicted octanol–water partition coefficient (Wildman–Crippen LogP) is 2.02. The molecule has 3 aromatic rings. The largest absolute Gasteiger partial charge is 0.478 e. The number of aromatic nitrogens is 4. The Bertz CT molecular complexity index is 855. The van der Waals surface area contributed by atoms with E-state index in [1.54, 1.807) is 23.0 Å². The van der Waals surface area contributed by atoms with E-state index in [0.29, 0.717) is 17.9 Å². The summed E-state index contributed by atoms with van der Waals surface area (Å²) in [6.45, 7) is 2.54. The Kier molecular flexibility index (Phi) is 3.92. The number of rotatable bonds is 5. The third-order valence-electron chi connectivity index (χ3n) is 3.61. The maximum Gasteiger partial charge on any atom is 0.335 e. The topological polar surface area (TPSA) is 92.9 Å². The summed E-state index contributed by atoms with van der Waals surface area (Å²) in [7, 11) is 1.85. The first-order chi connectivity index (χ1) is 11.0. The number of fused-ring (bicyclic) bond motifs is 1. The third-order valence-corrected chi connectivity index (χ3v) is 3.61. The average Bonchev–Trinajstić information content (AvgIpc) is 2.89. The Morgan fingerprint density at radius 3 is 2.70 bits per heavy atom. The molecular formula is C16H17N5O2. The van der Waals surface area contributed by atoms with Crippen molar-refractivity contribution in [3.63, 3.8) is 0 Å². The fraction of sp³-hybridized carbons (Fsp3) is 0.250. The van der Waals surface area contributed by atoms with E-state index in [9.17, 15) is 4.79 Å². The molecule has 2 N–H and O–H groups in total. The zero-order valence-electron chi connectivity index (χ0n) is 12.9. The molecule has 2 aromatic heterocycles. The van der Waals surface area contributed by atoms with E-state index in [1.807, 2.05) is 26.1 Å². The lowest BCUT2D eigenvalue weighted by Crippen LogP contribution is -2.08. The van der Waals surface area contributed by atoms with Crippen molar-refractivity contribution in [1.82, 2.24) is 19.7 Å². The quantitative estimate of drug-likeness (QED) is 0.749. The molecule has 0 unspecified atom stereocenters. The third kappa shape index (κ3) is 3.13. The molecule has 7 nitrogen and oxygen atoms in total. The molecule has 0 spiro atoms. The highest BCUT2D eigenvalue weighted by Crippen LogP contribution is 2.19. The van der Waals surface area contributed by atoms with Crippen LogP contribution >= 0.6 is 0 Å². The number of anilines is 1. The van der Waals surface area contributed by atoms with Gasteiger partial charge in [-0.25, -0.2) is 14.8 Å². The smallest absolute Gasteiger partial charge is 0.335 e. The summed E-state index contributed by atoms with van der Waals surface area (Å²) in [5.74, 6) is 0.544. The molecule has 3 rings (SSSR count). The van der Waals surface area contributed by atoms with Crippen LogP contribution in [0, 0.1) is 6.92 Å². The van der Waals surface area contributed by atoms with Crippen molar-refractivity contribution in [3.05, 3.63) is 47.4 Å². The second kappa shape index (κ2) is 6.04. The van der Waals surface area contributed by atoms with Crippen LogP contribution < -0.4 is 5.32 Å². The molecule has 1 aromatic carbocycles. The molecule has 0 saturated heterocycles. The number of aromatic carboxylic acids is 1. The zero-order chi connectivity index (χ0) is 16.4. The van der Waals surface area contributed by atoms with Crippen LogP contribution in [0.25, 0.3) is 11.0 Å². The molecule has 0 atom stereocenters. The lowest BCUT2D eigenvalue weighted by atomic mass is 10.1. The highest BCUT2D eigenvalue weighted by Gasteiger charge is 2.09. The molecular weight excluding hydrogens is 294 g/mol. The maximum absolute atomic E-state index is 10.8. The van der Waals surface area contributed by atoms with E-state index in [1.165, 1.54) is 0 Å². The fourth-order valence-electron chi connectivity index (χ4n) is 2.40. The van der Waals surface area contributed by atoms with Crippen molar-refractivity contribution in [2.75, 3.05) is 11.9 Å². The van der Waals surface area contributed by atoms with Crippen LogP contribution in [0.3, 0.4) is 0 Å². The summed E-state index contributed by atoms with van der Waals surface area (Å²) in [5.41, 5.74) is 2.16. The SMILES string of the molecule is Cc1nc(NCCc2ccc(C(=O)O)cc2)c2cnn(C)c2n1. The molecule has 7 heteroatoms. The molecule has 118 valence electrons. The van der Waals surface area contributed by atoms with Gasteiger partial charge in [0, 0.05) is 13.6 Å². The van der Waals surface area contributed by atoms with Gasteiger partial charge in [-0.2, -0.15) is 5.10 Å². The van der Waals surface area contributed by atoms with Gasteiger partial charge in [0.1, 0.15) is 11.6 Å². The van der Waals surface area contributed by atoms with Crippen molar-refractivity contribution in [2.24, 2.45) is 7.05 Å². The van der Waals surface area contributed by atoms with Gasteiger partial charge >= 0.3 is 5.97 Å². The molecule has 0 radical (unpaired) electrons. The Hall–Kier alpha value is -2.96. The van der Waals surface area contributed by atoms with Crippen LogP contribution in [0.4, 0.5) is 5.82 Å². The summed E-state index contributed by atoms with van der Waals surface area (Å²) in [5, 5.41) is 17.3. The standard InChI is InChI=1S/C16H17N5O2/c1-10-19-14(13-9-18-21(2)15(13)20-10)17-8-7-11-3-5-12(6-4-11)16(22)23/h3-6,9H,7-8H2,1-2H3,(H,22,23)(H,17,19,20). The minimum atomic E-state index is -0.912. The van der Waals surface area contributed by atoms with E-state index < -0.39 is 5.97 Å². The molecule has 0 aliphatic rings. The van der Waals surface area contributed by atoms with Gasteiger partial charge in [-0.05, 0) is 31.0 Å². The highest BCUT2D eigenvalue weighted by atomic mass is 16.4. The van der Waals surface area contributed by atoms with E-state index in [4.69, 9.17) is 5.11 Å². The van der Waals surface area contributed by atoms with Crippen LogP contribution in [0.2, 0.25) is 0 Å². The monoisotopic (exact) mass is 311 g/mol. The summed E-state index contributed by atoms with van der Waals surface area (Å²) in [6, 6.07) is 6.89. The number of aryl methyl sites for hydroxylation is 2. The molecule has 23 heavy (non-hydrogen) atoms. The van der Waals surface area contributed by atoms with Gasteiger partial charge in [-0.1, -0.05) is 12.1 Å². The lowest BCUT2D eigenvalue weighted by molar-refractivity contribution is 0.0697. The van der Waals surface area contributed by atoms with Crippen molar-refractivity contribution >= 4 is 22.8 Å². The minimum absolute atomic E-state index is 0.296. The van der Waals surface area contributed by atoms with Gasteiger partial charge in [-0.3, -0.25) is 4.68 Å². The number of hydrogen-bond donors (Lipinski definition) is 2. The van der Waals surface area contributed by atoms with Gasteiger partial charge in [-0.15, -0.1) is 0 Å². The molecule has 0 bridgehead atoms. The summed E-state index contributed by atoms with van der Waals surface area (Å²) < 4.78 is 1.72. The molecule has 0 amide bonds. The number of carboxylic acids is 1. The summed E-state index contributed by atoms with van der Waals surface area (Å²) >= 11 is 0. The molecule has 2 heterocycles. The van der Waals surface area contributed by atoms with Crippen LogP contribution in [-0.2, 0) is 13.5 Å². The number of carboxylic acid groups (broad SMARTS) is 1.